The van der Waals surface area contributed by atoms with Gasteiger partial charge in [0.15, 0.2) is 0 Å². The third-order valence-electron chi connectivity index (χ3n) is 7.41. The van der Waals surface area contributed by atoms with Crippen LogP contribution in [0.1, 0.15) is 47.9 Å². The van der Waals surface area contributed by atoms with Gasteiger partial charge in [-0.05, 0) is 42.1 Å². The molecule has 4 aromatic rings. The van der Waals surface area contributed by atoms with Gasteiger partial charge in [0.1, 0.15) is 31.9 Å². The van der Waals surface area contributed by atoms with Gasteiger partial charge >= 0.3 is 30.0 Å². The summed E-state index contributed by atoms with van der Waals surface area (Å²) in [6.45, 7) is 0.792. The molecule has 4 aromatic carbocycles. The molecular formula is C40H44N2O10. The van der Waals surface area contributed by atoms with E-state index in [0.717, 1.165) is 22.3 Å². The summed E-state index contributed by atoms with van der Waals surface area (Å²) < 4.78 is 19.8. The molecule has 1 amide bonds. The van der Waals surface area contributed by atoms with Gasteiger partial charge in [-0.2, -0.15) is 0 Å². The fourth-order valence-electron chi connectivity index (χ4n) is 4.52. The van der Waals surface area contributed by atoms with Crippen LogP contribution >= 0.6 is 0 Å². The topological polar surface area (TPSA) is 167 Å². The van der Waals surface area contributed by atoms with Crippen molar-refractivity contribution >= 4 is 30.0 Å². The molecule has 1 aliphatic heterocycles. The van der Waals surface area contributed by atoms with Crippen molar-refractivity contribution in [3.05, 3.63) is 144 Å². The van der Waals surface area contributed by atoms with Crippen LogP contribution in [0.15, 0.2) is 121 Å². The van der Waals surface area contributed by atoms with Crippen LogP contribution in [-0.2, 0) is 64.6 Å². The van der Waals surface area contributed by atoms with Gasteiger partial charge in [-0.15, -0.1) is 0 Å². The maximum Gasteiger partial charge on any atom is 0.415 e. The number of cyclic esters (lactones) is 2. The van der Waals surface area contributed by atoms with Gasteiger partial charge in [-0.3, -0.25) is 14.4 Å². The highest BCUT2D eigenvalue weighted by molar-refractivity contribution is 5.95. The second-order valence-corrected chi connectivity index (χ2v) is 11.4. The molecule has 0 saturated carbocycles. The third kappa shape index (κ3) is 16.2. The van der Waals surface area contributed by atoms with Crippen LogP contribution < -0.4 is 10.6 Å². The van der Waals surface area contributed by atoms with Crippen LogP contribution in [0.4, 0.5) is 4.79 Å². The molecule has 0 aliphatic carbocycles. The Morgan fingerprint density at radius 1 is 0.673 bits per heavy atom. The molecular weight excluding hydrogens is 668 g/mol. The zero-order chi connectivity index (χ0) is 37.4. The number of alkyl carbamates (subject to hydrolysis) is 1. The van der Waals surface area contributed by atoms with Crippen molar-refractivity contribution < 1.29 is 48.0 Å². The average molecular weight is 713 g/mol. The molecule has 0 radical (unpaired) electrons. The summed E-state index contributed by atoms with van der Waals surface area (Å²) in [5, 5.41) is 13.7. The lowest BCUT2D eigenvalue weighted by Crippen LogP contribution is -2.36. The van der Waals surface area contributed by atoms with Gasteiger partial charge in [0, 0.05) is 12.8 Å². The third-order valence-corrected chi connectivity index (χ3v) is 7.41. The van der Waals surface area contributed by atoms with Crippen molar-refractivity contribution in [1.29, 1.82) is 0 Å². The lowest BCUT2D eigenvalue weighted by molar-refractivity contribution is -0.149. The largest absolute Gasteiger partial charge is 0.461 e. The van der Waals surface area contributed by atoms with E-state index in [2.05, 4.69) is 15.4 Å². The van der Waals surface area contributed by atoms with Crippen LogP contribution in [-0.4, -0.2) is 54.2 Å². The van der Waals surface area contributed by atoms with E-state index < -0.39 is 30.1 Å². The molecule has 52 heavy (non-hydrogen) atoms. The van der Waals surface area contributed by atoms with E-state index in [0.29, 0.717) is 6.42 Å². The highest BCUT2D eigenvalue weighted by Gasteiger charge is 2.32. The number of carbonyl (C=O) groups is 5. The summed E-state index contributed by atoms with van der Waals surface area (Å²) in [6.07, 6.45) is -0.0608. The van der Waals surface area contributed by atoms with Gasteiger partial charge in [0.25, 0.3) is 0 Å². The Kier molecular flexibility index (Phi) is 18.4. The first-order valence-corrected chi connectivity index (χ1v) is 16.7. The van der Waals surface area contributed by atoms with Crippen molar-refractivity contribution in [2.45, 2.75) is 64.2 Å². The molecule has 3 N–H and O–H groups in total. The summed E-state index contributed by atoms with van der Waals surface area (Å²) in [6, 6.07) is 36.5. The molecule has 5 rings (SSSR count). The van der Waals surface area contributed by atoms with Gasteiger partial charge in [0.2, 0.25) is 0 Å². The first-order chi connectivity index (χ1) is 25.3. The predicted octanol–water partition coefficient (Wildman–Crippen LogP) is 5.17. The molecule has 12 heteroatoms. The Morgan fingerprint density at radius 2 is 1.10 bits per heavy atom. The van der Waals surface area contributed by atoms with Crippen LogP contribution in [0, 0.1) is 0 Å². The minimum absolute atomic E-state index is 0.0485. The molecule has 1 heterocycles. The number of nitrogens with one attached hydrogen (secondary N) is 2. The molecule has 1 saturated heterocycles. The van der Waals surface area contributed by atoms with Crippen molar-refractivity contribution in [3.63, 3.8) is 0 Å². The van der Waals surface area contributed by atoms with Gasteiger partial charge in [0.05, 0.1) is 6.61 Å². The molecule has 1 fully saturated rings. The maximum atomic E-state index is 12.1. The second kappa shape index (κ2) is 23.5. The Balaban J connectivity index is 0.000000236. The van der Waals surface area contributed by atoms with E-state index in [1.54, 1.807) is 7.05 Å². The number of aliphatic hydroxyl groups excluding tert-OH is 1. The molecule has 0 bridgehead atoms. The van der Waals surface area contributed by atoms with E-state index in [1.165, 1.54) is 0 Å². The monoisotopic (exact) mass is 712 g/mol. The number of carbonyl (C=O) groups excluding carboxylic acids is 5. The molecule has 1 aliphatic rings. The smallest absolute Gasteiger partial charge is 0.415 e. The number of hydrogen-bond acceptors (Lipinski definition) is 11. The number of hydrogen-bond donors (Lipinski definition) is 3. The number of ether oxygens (including phenoxy) is 4. The number of aliphatic hydroxyl groups is 1. The van der Waals surface area contributed by atoms with Crippen LogP contribution in [0.3, 0.4) is 0 Å². The first-order valence-electron chi connectivity index (χ1n) is 16.7. The number of rotatable bonds is 15. The average Bonchev–Trinajstić information content (AvgIpc) is 3.52. The van der Waals surface area contributed by atoms with Gasteiger partial charge in [-0.1, -0.05) is 121 Å². The van der Waals surface area contributed by atoms with Crippen molar-refractivity contribution in [1.82, 2.24) is 10.6 Å². The van der Waals surface area contributed by atoms with Crippen LogP contribution in [0.2, 0.25) is 0 Å². The van der Waals surface area contributed by atoms with Gasteiger partial charge in [-0.25, -0.2) is 9.59 Å². The quantitative estimate of drug-likeness (QED) is 0.0846. The fourth-order valence-corrected chi connectivity index (χ4v) is 4.52. The number of amides is 1. The van der Waals surface area contributed by atoms with Crippen molar-refractivity contribution in [2.75, 3.05) is 7.05 Å². The Bertz CT molecular complexity index is 1660. The summed E-state index contributed by atoms with van der Waals surface area (Å²) in [7, 11) is 1.67. The second-order valence-electron chi connectivity index (χ2n) is 11.4. The van der Waals surface area contributed by atoms with E-state index >= 15 is 0 Å². The summed E-state index contributed by atoms with van der Waals surface area (Å²) in [4.78, 5) is 57.3. The normalized spacial score (nSPS) is 13.5. The minimum Gasteiger partial charge on any atom is -0.461 e. The Morgan fingerprint density at radius 3 is 1.48 bits per heavy atom. The predicted molar refractivity (Wildman–Crippen MR) is 191 cm³/mol. The van der Waals surface area contributed by atoms with Crippen molar-refractivity contribution in [2.24, 2.45) is 0 Å². The molecule has 0 spiro atoms. The van der Waals surface area contributed by atoms with E-state index in [9.17, 15) is 24.0 Å². The standard InChI is InChI=1S/C20H23NO4.C13H13NO5.C7H8O/c1-21-18(20(23)25-15-17-10-6-3-7-11-17)12-13-19(22)24-14-16-8-4-2-5-9-16;15-11(18-8-9-4-2-1-3-5-9)7-6-10-12(16)19-13(17)14-10;8-6-7-4-2-1-3-5-7/h2-11,18,21H,12-15H2,1H3;1-5,10H,6-8H2,(H,14,17);1-5,8H,6H2. The maximum absolute atomic E-state index is 12.1. The zero-order valence-electron chi connectivity index (χ0n) is 29.0. The molecule has 274 valence electrons. The highest BCUT2D eigenvalue weighted by Crippen LogP contribution is 2.10. The van der Waals surface area contributed by atoms with Gasteiger partial charge < -0.3 is 34.7 Å². The highest BCUT2D eigenvalue weighted by atomic mass is 16.6. The summed E-state index contributed by atoms with van der Waals surface area (Å²) in [5.74, 6) is -1.78. The number of esters is 4. The summed E-state index contributed by atoms with van der Waals surface area (Å²) in [5.41, 5.74) is 3.72. The molecule has 2 unspecified atom stereocenters. The Labute approximate surface area is 303 Å². The molecule has 12 nitrogen and oxygen atoms in total. The lowest BCUT2D eigenvalue weighted by atomic mass is 10.1. The molecule has 0 aromatic heterocycles. The van der Waals surface area contributed by atoms with E-state index in [-0.39, 0.29) is 57.6 Å². The van der Waals surface area contributed by atoms with Crippen LogP contribution in [0.25, 0.3) is 0 Å². The number of benzene rings is 4. The fraction of sp³-hybridized carbons (Fsp3) is 0.275. The lowest BCUT2D eigenvalue weighted by Gasteiger charge is -2.15. The number of likely N-dealkylation sites (N-methyl/N-ethyl adjacent to an activating group) is 1. The van der Waals surface area contributed by atoms with Crippen molar-refractivity contribution in [3.8, 4) is 0 Å². The van der Waals surface area contributed by atoms with E-state index in [1.807, 2.05) is 121 Å². The van der Waals surface area contributed by atoms with Crippen LogP contribution in [0.5, 0.6) is 0 Å². The minimum atomic E-state index is -0.771. The zero-order valence-corrected chi connectivity index (χ0v) is 29.0. The Hall–Kier alpha value is -5.85. The SMILES string of the molecule is CNC(CCC(=O)OCc1ccccc1)C(=O)OCc1ccccc1.O=C(CCC1NC(=O)OC1=O)OCc1ccccc1.OCc1ccccc1. The summed E-state index contributed by atoms with van der Waals surface area (Å²) >= 11 is 0. The van der Waals surface area contributed by atoms with E-state index in [4.69, 9.17) is 19.3 Å². The molecule has 2 atom stereocenters. The first kappa shape index (κ1) is 40.6.